The van der Waals surface area contributed by atoms with E-state index in [1.165, 1.54) is 6.21 Å². The molecule has 0 bridgehead atoms. The zero-order valence-electron chi connectivity index (χ0n) is 13.6. The Labute approximate surface area is 150 Å². The van der Waals surface area contributed by atoms with Gasteiger partial charge in [0.25, 0.3) is 5.91 Å². The zero-order valence-corrected chi connectivity index (χ0v) is 15.2. The molecule has 4 nitrogen and oxygen atoms in total. The van der Waals surface area contributed by atoms with Crippen LogP contribution < -0.4 is 10.2 Å². The van der Waals surface area contributed by atoms with Crippen molar-refractivity contribution in [3.05, 3.63) is 69.7 Å². The third kappa shape index (κ3) is 6.01. The van der Waals surface area contributed by atoms with E-state index in [1.807, 2.05) is 68.5 Å². The molecule has 0 unspecified atom stereocenters. The van der Waals surface area contributed by atoms with Crippen LogP contribution in [0.1, 0.15) is 16.7 Å². The number of carbonyl (C=O) groups excluding carboxylic acids is 1. The molecule has 0 fully saturated rings. The van der Waals surface area contributed by atoms with Crippen molar-refractivity contribution < 1.29 is 9.53 Å². The number of nitrogens with zero attached hydrogens (tertiary/aromatic N) is 1. The number of halogens is 1. The summed E-state index contributed by atoms with van der Waals surface area (Å²) < 4.78 is 6.27. The molecule has 0 saturated heterocycles. The molecule has 0 aliphatic heterocycles. The highest BCUT2D eigenvalue weighted by molar-refractivity contribution is 9.12. The summed E-state index contributed by atoms with van der Waals surface area (Å²) in [5, 5.41) is 3.90. The average molecular weight is 387 g/mol. The zero-order chi connectivity index (χ0) is 17.4. The van der Waals surface area contributed by atoms with Crippen molar-refractivity contribution in [1.29, 1.82) is 0 Å². The van der Waals surface area contributed by atoms with E-state index in [-0.39, 0.29) is 12.5 Å². The van der Waals surface area contributed by atoms with Gasteiger partial charge in [-0.25, -0.2) is 5.43 Å². The van der Waals surface area contributed by atoms with Crippen LogP contribution in [0.4, 0.5) is 0 Å². The van der Waals surface area contributed by atoms with Gasteiger partial charge in [0.05, 0.1) is 6.21 Å². The summed E-state index contributed by atoms with van der Waals surface area (Å²) in [5.74, 6) is 0.395. The van der Waals surface area contributed by atoms with Gasteiger partial charge in [-0.2, -0.15) is 5.10 Å². The smallest absolute Gasteiger partial charge is 0.277 e. The monoisotopic (exact) mass is 386 g/mol. The van der Waals surface area contributed by atoms with Crippen LogP contribution in [0.15, 0.2) is 58.1 Å². The van der Waals surface area contributed by atoms with Crippen LogP contribution >= 0.6 is 15.9 Å². The standard InChI is InChI=1S/C19H19BrN2O2/c1-14-8-9-15(2)18(10-14)24-13-19(23)22-21-12-17(20)11-16-6-4-3-5-7-16/h3-12H,13H2,1-2H3,(H,22,23)/b17-11-,21-12-. The number of carbonyl (C=O) groups is 1. The summed E-state index contributed by atoms with van der Waals surface area (Å²) in [7, 11) is 0. The Bertz CT molecular complexity index is 755. The number of hydrogen-bond donors (Lipinski definition) is 1. The fourth-order valence-electron chi connectivity index (χ4n) is 1.95. The highest BCUT2D eigenvalue weighted by atomic mass is 79.9. The van der Waals surface area contributed by atoms with Crippen molar-refractivity contribution >= 4 is 34.1 Å². The second kappa shape index (κ2) is 9.03. The van der Waals surface area contributed by atoms with Crippen molar-refractivity contribution in [3.8, 4) is 5.75 Å². The van der Waals surface area contributed by atoms with Crippen LogP contribution in [0.25, 0.3) is 6.08 Å². The lowest BCUT2D eigenvalue weighted by Gasteiger charge is -2.08. The SMILES string of the molecule is Cc1ccc(C)c(OCC(=O)N/N=C\C(Br)=C\c2ccccc2)c1. The van der Waals surface area contributed by atoms with Crippen molar-refractivity contribution in [2.75, 3.05) is 6.61 Å². The topological polar surface area (TPSA) is 50.7 Å². The van der Waals surface area contributed by atoms with E-state index >= 15 is 0 Å². The molecule has 0 aliphatic carbocycles. The second-order valence-electron chi connectivity index (χ2n) is 5.29. The molecule has 0 aliphatic rings. The highest BCUT2D eigenvalue weighted by Crippen LogP contribution is 2.18. The summed E-state index contributed by atoms with van der Waals surface area (Å²) >= 11 is 3.39. The summed E-state index contributed by atoms with van der Waals surface area (Å²) in [6.45, 7) is 3.84. The first-order valence-corrected chi connectivity index (χ1v) is 8.28. The Hall–Kier alpha value is -2.40. The lowest BCUT2D eigenvalue weighted by atomic mass is 10.1. The van der Waals surface area contributed by atoms with Crippen LogP contribution in [-0.2, 0) is 4.79 Å². The molecule has 0 heterocycles. The van der Waals surface area contributed by atoms with E-state index in [1.54, 1.807) is 0 Å². The van der Waals surface area contributed by atoms with Gasteiger partial charge in [-0.15, -0.1) is 0 Å². The molecule has 124 valence electrons. The molecule has 24 heavy (non-hydrogen) atoms. The van der Waals surface area contributed by atoms with Crippen LogP contribution in [0, 0.1) is 13.8 Å². The molecule has 0 spiro atoms. The molecule has 0 radical (unpaired) electrons. The fourth-order valence-corrected chi connectivity index (χ4v) is 2.32. The number of nitrogens with one attached hydrogen (secondary N) is 1. The Morgan fingerprint density at radius 1 is 1.21 bits per heavy atom. The van der Waals surface area contributed by atoms with E-state index in [4.69, 9.17) is 4.74 Å². The second-order valence-corrected chi connectivity index (χ2v) is 6.21. The van der Waals surface area contributed by atoms with Gasteiger partial charge in [0.15, 0.2) is 6.61 Å². The van der Waals surface area contributed by atoms with Crippen molar-refractivity contribution in [1.82, 2.24) is 5.43 Å². The molecule has 2 aromatic rings. The Kier molecular flexibility index (Phi) is 6.75. The number of aryl methyl sites for hydroxylation is 2. The molecule has 0 aromatic heterocycles. The number of rotatable bonds is 6. The lowest BCUT2D eigenvalue weighted by Crippen LogP contribution is -2.24. The van der Waals surface area contributed by atoms with Gasteiger partial charge in [0.2, 0.25) is 0 Å². The molecule has 2 rings (SSSR count). The lowest BCUT2D eigenvalue weighted by molar-refractivity contribution is -0.123. The van der Waals surface area contributed by atoms with E-state index in [2.05, 4.69) is 26.5 Å². The molecule has 2 aromatic carbocycles. The van der Waals surface area contributed by atoms with Gasteiger partial charge in [0, 0.05) is 4.48 Å². The van der Waals surface area contributed by atoms with Gasteiger partial charge in [-0.3, -0.25) is 4.79 Å². The number of amides is 1. The van der Waals surface area contributed by atoms with Crippen LogP contribution in [0.2, 0.25) is 0 Å². The first-order chi connectivity index (χ1) is 11.5. The number of benzene rings is 2. The quantitative estimate of drug-likeness (QED) is 0.596. The minimum Gasteiger partial charge on any atom is -0.483 e. The van der Waals surface area contributed by atoms with Crippen LogP contribution in [0.3, 0.4) is 0 Å². The van der Waals surface area contributed by atoms with Gasteiger partial charge >= 0.3 is 0 Å². The predicted octanol–water partition coefficient (Wildman–Crippen LogP) is 4.22. The first-order valence-electron chi connectivity index (χ1n) is 7.49. The molecule has 0 saturated carbocycles. The summed E-state index contributed by atoms with van der Waals surface area (Å²) in [4.78, 5) is 11.8. The minimum absolute atomic E-state index is 0.0817. The van der Waals surface area contributed by atoms with E-state index < -0.39 is 0 Å². The van der Waals surface area contributed by atoms with Crippen molar-refractivity contribution in [2.24, 2.45) is 5.10 Å². The molecule has 1 amide bonds. The minimum atomic E-state index is -0.313. The fraction of sp³-hybridized carbons (Fsp3) is 0.158. The highest BCUT2D eigenvalue weighted by Gasteiger charge is 2.04. The molecular weight excluding hydrogens is 368 g/mol. The molecule has 1 N–H and O–H groups in total. The van der Waals surface area contributed by atoms with Crippen LogP contribution in [-0.4, -0.2) is 18.7 Å². The largest absolute Gasteiger partial charge is 0.483 e. The van der Waals surface area contributed by atoms with Gasteiger partial charge in [-0.1, -0.05) is 42.5 Å². The molecule has 5 heteroatoms. The number of hydrazone groups is 1. The normalized spacial score (nSPS) is 11.5. The van der Waals surface area contributed by atoms with E-state index in [0.717, 1.165) is 21.2 Å². The summed E-state index contributed by atoms with van der Waals surface area (Å²) in [5.41, 5.74) is 5.56. The summed E-state index contributed by atoms with van der Waals surface area (Å²) in [6.07, 6.45) is 3.44. The first kappa shape index (κ1) is 17.9. The third-order valence-corrected chi connectivity index (χ3v) is 3.62. The van der Waals surface area contributed by atoms with Crippen molar-refractivity contribution in [2.45, 2.75) is 13.8 Å². The maximum Gasteiger partial charge on any atom is 0.277 e. The maximum absolute atomic E-state index is 11.8. The molecule has 0 atom stereocenters. The Morgan fingerprint density at radius 3 is 2.71 bits per heavy atom. The van der Waals surface area contributed by atoms with E-state index in [0.29, 0.717) is 5.75 Å². The average Bonchev–Trinajstić information content (AvgIpc) is 2.56. The third-order valence-electron chi connectivity index (χ3n) is 3.18. The number of allylic oxidation sites excluding steroid dienone is 1. The maximum atomic E-state index is 11.8. The van der Waals surface area contributed by atoms with Gasteiger partial charge < -0.3 is 4.74 Å². The van der Waals surface area contributed by atoms with Crippen molar-refractivity contribution in [3.63, 3.8) is 0 Å². The van der Waals surface area contributed by atoms with Crippen LogP contribution in [0.5, 0.6) is 5.75 Å². The molecular formula is C19H19BrN2O2. The van der Waals surface area contributed by atoms with Gasteiger partial charge in [0.1, 0.15) is 5.75 Å². The van der Waals surface area contributed by atoms with Gasteiger partial charge in [-0.05, 0) is 58.6 Å². The number of ether oxygens (including phenoxy) is 1. The predicted molar refractivity (Wildman–Crippen MR) is 101 cm³/mol. The Morgan fingerprint density at radius 2 is 1.96 bits per heavy atom. The summed E-state index contributed by atoms with van der Waals surface area (Å²) in [6, 6.07) is 15.7. The number of hydrogen-bond acceptors (Lipinski definition) is 3. The van der Waals surface area contributed by atoms with E-state index in [9.17, 15) is 4.79 Å². The Balaban J connectivity index is 1.82.